The molecule has 4 aromatic rings. The highest BCUT2D eigenvalue weighted by atomic mass is 16.5. The van der Waals surface area contributed by atoms with Gasteiger partial charge in [-0.15, -0.1) is 0 Å². The van der Waals surface area contributed by atoms with E-state index in [2.05, 4.69) is 4.98 Å². The summed E-state index contributed by atoms with van der Waals surface area (Å²) in [6.07, 6.45) is 5.87. The maximum atomic E-state index is 13.4. The third-order valence-electron chi connectivity index (χ3n) is 6.78. The second-order valence-corrected chi connectivity index (χ2v) is 9.45. The molecule has 1 fully saturated rings. The van der Waals surface area contributed by atoms with Gasteiger partial charge in [-0.1, -0.05) is 54.6 Å². The number of aromatic nitrogens is 2. The number of carbonyl (C=O) groups is 2. The van der Waals surface area contributed by atoms with E-state index in [0.29, 0.717) is 55.4 Å². The summed E-state index contributed by atoms with van der Waals surface area (Å²) in [5.41, 5.74) is 2.22. The Morgan fingerprint density at radius 1 is 0.925 bits per heavy atom. The zero-order chi connectivity index (χ0) is 27.9. The maximum Gasteiger partial charge on any atom is 0.295 e. The van der Waals surface area contributed by atoms with E-state index in [1.807, 2.05) is 72.3 Å². The van der Waals surface area contributed by atoms with Crippen LogP contribution in [0.5, 0.6) is 11.5 Å². The Morgan fingerprint density at radius 3 is 2.45 bits per heavy atom. The van der Waals surface area contributed by atoms with E-state index >= 15 is 0 Å². The molecule has 1 unspecified atom stereocenters. The minimum Gasteiger partial charge on any atom is -0.507 e. The number of nitrogens with zero attached hydrogens (tertiary/aromatic N) is 3. The molecule has 0 bridgehead atoms. The number of likely N-dealkylation sites (tertiary alicyclic amines) is 1. The molecule has 1 aliphatic heterocycles. The zero-order valence-electron chi connectivity index (χ0n) is 22.3. The number of aliphatic hydroxyl groups excluding tert-OH is 1. The fraction of sp³-hybridized carbons (Fsp3) is 0.219. The average Bonchev–Trinajstić information content (AvgIpc) is 3.59. The highest BCUT2D eigenvalue weighted by molar-refractivity contribution is 6.46. The molecule has 1 atom stereocenters. The highest BCUT2D eigenvalue weighted by Gasteiger charge is 2.45. The molecule has 1 saturated heterocycles. The van der Waals surface area contributed by atoms with Crippen LogP contribution in [0.1, 0.15) is 36.1 Å². The van der Waals surface area contributed by atoms with Crippen LogP contribution in [0.25, 0.3) is 5.76 Å². The number of ether oxygens (including phenoxy) is 2. The van der Waals surface area contributed by atoms with Gasteiger partial charge in [-0.3, -0.25) is 9.59 Å². The van der Waals surface area contributed by atoms with E-state index in [9.17, 15) is 14.7 Å². The number of hydrogen-bond donors (Lipinski definition) is 1. The van der Waals surface area contributed by atoms with Crippen molar-refractivity contribution in [3.63, 3.8) is 0 Å². The van der Waals surface area contributed by atoms with Crippen molar-refractivity contribution in [1.29, 1.82) is 0 Å². The maximum absolute atomic E-state index is 13.4. The van der Waals surface area contributed by atoms with Gasteiger partial charge in [-0.05, 0) is 48.7 Å². The van der Waals surface area contributed by atoms with Crippen molar-refractivity contribution in [1.82, 2.24) is 14.5 Å². The van der Waals surface area contributed by atoms with E-state index in [0.717, 1.165) is 5.56 Å². The lowest BCUT2D eigenvalue weighted by Crippen LogP contribution is -2.31. The lowest BCUT2D eigenvalue weighted by Gasteiger charge is -2.25. The van der Waals surface area contributed by atoms with Crippen LogP contribution in [0.4, 0.5) is 0 Å². The SMILES string of the molecule is CCOc1cccc(/C(O)=C2\C(=O)C(=O)N(CCCn3ccnc3)C2c2ccc(OCc3ccccc3)cc2)c1. The van der Waals surface area contributed by atoms with Gasteiger partial charge in [0.25, 0.3) is 11.7 Å². The van der Waals surface area contributed by atoms with E-state index in [1.54, 1.807) is 36.8 Å². The summed E-state index contributed by atoms with van der Waals surface area (Å²) in [6, 6.07) is 23.3. The standard InChI is InChI=1S/C32H31N3O5/c1-2-39-27-11-6-10-25(20-27)30(36)28-29(35(32(38)31(28)37)18-7-17-34-19-16-33-22-34)24-12-14-26(15-13-24)40-21-23-8-4-3-5-9-23/h3-6,8-16,19-20,22,29,36H,2,7,17-18,21H2,1H3/b30-28+. The number of rotatable bonds is 11. The van der Waals surface area contributed by atoms with Crippen LogP contribution >= 0.6 is 0 Å². The summed E-state index contributed by atoms with van der Waals surface area (Å²) in [5, 5.41) is 11.4. The molecule has 0 spiro atoms. The first-order valence-corrected chi connectivity index (χ1v) is 13.3. The van der Waals surface area contributed by atoms with Gasteiger partial charge in [0.2, 0.25) is 0 Å². The summed E-state index contributed by atoms with van der Waals surface area (Å²) in [4.78, 5) is 32.2. The van der Waals surface area contributed by atoms with E-state index in [4.69, 9.17) is 9.47 Å². The summed E-state index contributed by atoms with van der Waals surface area (Å²) in [7, 11) is 0. The molecule has 1 N–H and O–H groups in total. The lowest BCUT2D eigenvalue weighted by molar-refractivity contribution is -0.139. The zero-order valence-corrected chi connectivity index (χ0v) is 22.3. The van der Waals surface area contributed by atoms with Gasteiger partial charge >= 0.3 is 0 Å². The van der Waals surface area contributed by atoms with Crippen molar-refractivity contribution in [3.8, 4) is 11.5 Å². The molecule has 0 aliphatic carbocycles. The molecule has 8 nitrogen and oxygen atoms in total. The fourth-order valence-electron chi connectivity index (χ4n) is 4.84. The van der Waals surface area contributed by atoms with E-state index in [-0.39, 0.29) is 11.3 Å². The Hall–Kier alpha value is -4.85. The number of ketones is 1. The molecule has 0 radical (unpaired) electrons. The third kappa shape index (κ3) is 5.91. The predicted octanol–water partition coefficient (Wildman–Crippen LogP) is 5.37. The van der Waals surface area contributed by atoms with Crippen LogP contribution in [0.3, 0.4) is 0 Å². The second kappa shape index (κ2) is 12.3. The van der Waals surface area contributed by atoms with Crippen LogP contribution in [-0.4, -0.2) is 44.4 Å². The van der Waals surface area contributed by atoms with Gasteiger partial charge in [0, 0.05) is 31.0 Å². The molecule has 40 heavy (non-hydrogen) atoms. The minimum absolute atomic E-state index is 0.0548. The Labute approximate surface area is 233 Å². The summed E-state index contributed by atoms with van der Waals surface area (Å²) >= 11 is 0. The minimum atomic E-state index is -0.748. The van der Waals surface area contributed by atoms with Crippen molar-refractivity contribution in [2.45, 2.75) is 32.5 Å². The number of hydrogen-bond acceptors (Lipinski definition) is 6. The summed E-state index contributed by atoms with van der Waals surface area (Å²) in [6.45, 7) is 3.72. The fourth-order valence-corrected chi connectivity index (χ4v) is 4.84. The average molecular weight is 538 g/mol. The number of imidazole rings is 1. The van der Waals surface area contributed by atoms with Gasteiger partial charge in [-0.25, -0.2) is 4.98 Å². The smallest absolute Gasteiger partial charge is 0.295 e. The number of amides is 1. The third-order valence-corrected chi connectivity index (χ3v) is 6.78. The van der Waals surface area contributed by atoms with E-state index in [1.165, 1.54) is 4.90 Å². The molecule has 0 saturated carbocycles. The Kier molecular flexibility index (Phi) is 8.25. The second-order valence-electron chi connectivity index (χ2n) is 9.45. The predicted molar refractivity (Wildman–Crippen MR) is 151 cm³/mol. The van der Waals surface area contributed by atoms with Gasteiger partial charge in [0.05, 0.1) is 24.5 Å². The first kappa shape index (κ1) is 26.7. The van der Waals surface area contributed by atoms with Crippen LogP contribution in [0, 0.1) is 0 Å². The topological polar surface area (TPSA) is 93.9 Å². The first-order valence-electron chi connectivity index (χ1n) is 13.3. The molecule has 5 rings (SSSR count). The summed E-state index contributed by atoms with van der Waals surface area (Å²) < 4.78 is 13.4. The molecular weight excluding hydrogens is 506 g/mol. The molecule has 1 aromatic heterocycles. The van der Waals surface area contributed by atoms with Crippen LogP contribution in [-0.2, 0) is 22.7 Å². The monoisotopic (exact) mass is 537 g/mol. The number of carbonyl (C=O) groups excluding carboxylic acids is 2. The van der Waals surface area contributed by atoms with Crippen LogP contribution < -0.4 is 9.47 Å². The normalized spacial score (nSPS) is 16.3. The molecule has 8 heteroatoms. The van der Waals surface area contributed by atoms with Gasteiger partial charge < -0.3 is 24.0 Å². The van der Waals surface area contributed by atoms with Crippen LogP contribution in [0.15, 0.2) is 103 Å². The number of aryl methyl sites for hydroxylation is 1. The molecule has 1 amide bonds. The first-order chi connectivity index (χ1) is 19.5. The Morgan fingerprint density at radius 2 is 1.73 bits per heavy atom. The molecule has 1 aliphatic rings. The molecular formula is C32H31N3O5. The van der Waals surface area contributed by atoms with Crippen molar-refractivity contribution in [2.24, 2.45) is 0 Å². The Bertz CT molecular complexity index is 1480. The molecule has 2 heterocycles. The lowest BCUT2D eigenvalue weighted by atomic mass is 9.95. The van der Waals surface area contributed by atoms with Gasteiger partial charge in [0.1, 0.15) is 23.9 Å². The highest BCUT2D eigenvalue weighted by Crippen LogP contribution is 2.40. The Balaban J connectivity index is 1.46. The number of aliphatic hydroxyl groups is 1. The molecule has 3 aromatic carbocycles. The van der Waals surface area contributed by atoms with Gasteiger partial charge in [-0.2, -0.15) is 0 Å². The van der Waals surface area contributed by atoms with E-state index < -0.39 is 17.7 Å². The van der Waals surface area contributed by atoms with Crippen molar-refractivity contribution in [3.05, 3.63) is 120 Å². The molecule has 204 valence electrons. The van der Waals surface area contributed by atoms with Crippen LogP contribution in [0.2, 0.25) is 0 Å². The number of Topliss-reactive ketones (excluding diaryl/α,β-unsaturated/α-hetero) is 1. The number of benzene rings is 3. The van der Waals surface area contributed by atoms with Crippen molar-refractivity contribution >= 4 is 17.4 Å². The van der Waals surface area contributed by atoms with Crippen molar-refractivity contribution in [2.75, 3.05) is 13.2 Å². The summed E-state index contributed by atoms with van der Waals surface area (Å²) in [5.74, 6) is -0.350. The quantitative estimate of drug-likeness (QED) is 0.157. The van der Waals surface area contributed by atoms with Gasteiger partial charge in [0.15, 0.2) is 0 Å². The largest absolute Gasteiger partial charge is 0.507 e. The van der Waals surface area contributed by atoms with Crippen molar-refractivity contribution < 1.29 is 24.2 Å².